The highest BCUT2D eigenvalue weighted by atomic mass is 79.9. The molecule has 5 aromatic rings. The molecule has 0 spiro atoms. The van der Waals surface area contributed by atoms with Crippen LogP contribution in [0.5, 0.6) is 0 Å². The van der Waals surface area contributed by atoms with E-state index in [-0.39, 0.29) is 10.8 Å². The van der Waals surface area contributed by atoms with E-state index in [1.54, 1.807) is 0 Å². The molecule has 0 radical (unpaired) electrons. The Morgan fingerprint density at radius 3 is 1.30 bits per heavy atom. The van der Waals surface area contributed by atoms with Crippen molar-refractivity contribution >= 4 is 31.9 Å². The molecule has 0 unspecified atom stereocenters. The van der Waals surface area contributed by atoms with Gasteiger partial charge >= 0.3 is 0 Å². The fraction of sp³-hybridized carbons (Fsp3) is 0.176. The Balaban J connectivity index is 1.34. The zero-order valence-corrected chi connectivity index (χ0v) is 24.4. The second kappa shape index (κ2) is 7.82. The van der Waals surface area contributed by atoms with E-state index in [0.29, 0.717) is 0 Å². The Kier molecular flexibility index (Phi) is 4.91. The van der Waals surface area contributed by atoms with Crippen molar-refractivity contribution in [2.75, 3.05) is 0 Å². The lowest BCUT2D eigenvalue weighted by molar-refractivity contribution is 0.593. The Morgan fingerprint density at radius 2 is 0.865 bits per heavy atom. The first-order valence-electron chi connectivity index (χ1n) is 12.7. The van der Waals surface area contributed by atoms with Gasteiger partial charge in [-0.15, -0.1) is 0 Å². The highest BCUT2D eigenvalue weighted by molar-refractivity contribution is 9.13. The van der Waals surface area contributed by atoms with Crippen molar-refractivity contribution in [3.63, 3.8) is 0 Å². The molecule has 0 atom stereocenters. The normalized spacial score (nSPS) is 15.7. The van der Waals surface area contributed by atoms with Crippen LogP contribution in [0.15, 0.2) is 98.3 Å². The first-order valence-corrected chi connectivity index (χ1v) is 14.3. The fourth-order valence-electron chi connectivity index (χ4n) is 6.45. The monoisotopic (exact) mass is 608 g/mol. The third-order valence-electron chi connectivity index (χ3n) is 8.49. The Hall–Kier alpha value is -2.88. The molecule has 0 aliphatic heterocycles. The second-order valence-electron chi connectivity index (χ2n) is 11.3. The van der Waals surface area contributed by atoms with E-state index in [1.807, 2.05) is 0 Å². The molecule has 0 saturated heterocycles. The van der Waals surface area contributed by atoms with E-state index < -0.39 is 0 Å². The maximum atomic E-state index is 6.63. The van der Waals surface area contributed by atoms with Crippen molar-refractivity contribution in [1.29, 1.82) is 0 Å². The molecule has 7 rings (SSSR count). The van der Waals surface area contributed by atoms with Crippen LogP contribution in [0.25, 0.3) is 44.9 Å². The molecule has 2 aliphatic carbocycles. The van der Waals surface area contributed by atoms with Crippen molar-refractivity contribution < 1.29 is 4.42 Å². The second-order valence-corrected chi connectivity index (χ2v) is 12.8. The van der Waals surface area contributed by atoms with E-state index in [2.05, 4.69) is 144 Å². The van der Waals surface area contributed by atoms with Gasteiger partial charge in [-0.25, -0.2) is 0 Å². The SMILES string of the molecule is CC1(C)c2ccccc2-c2ccc(-c3oc(-c4ccc5c(c4)C(C)(C)c4ccccc4-5)c(Br)c3Br)cc21. The van der Waals surface area contributed by atoms with E-state index in [4.69, 9.17) is 4.42 Å². The average molecular weight is 610 g/mol. The number of hydrogen-bond donors (Lipinski definition) is 0. The molecule has 0 saturated carbocycles. The Bertz CT molecular complexity index is 1620. The van der Waals surface area contributed by atoms with Crippen LogP contribution >= 0.6 is 31.9 Å². The number of halogens is 2. The highest BCUT2D eigenvalue weighted by Gasteiger charge is 2.37. The summed E-state index contributed by atoms with van der Waals surface area (Å²) in [6, 6.07) is 30.9. The van der Waals surface area contributed by atoms with E-state index in [9.17, 15) is 0 Å². The molecule has 4 aromatic carbocycles. The van der Waals surface area contributed by atoms with Crippen LogP contribution in [-0.4, -0.2) is 0 Å². The maximum Gasteiger partial charge on any atom is 0.150 e. The topological polar surface area (TPSA) is 13.1 Å². The third kappa shape index (κ3) is 3.14. The van der Waals surface area contributed by atoms with Crippen molar-refractivity contribution in [2.45, 2.75) is 38.5 Å². The van der Waals surface area contributed by atoms with Crippen molar-refractivity contribution in [3.05, 3.63) is 116 Å². The summed E-state index contributed by atoms with van der Waals surface area (Å²) in [5.41, 5.74) is 12.8. The molecule has 1 nitrogen and oxygen atoms in total. The van der Waals surface area contributed by atoms with Gasteiger partial charge < -0.3 is 4.42 Å². The molecule has 1 heterocycles. The average Bonchev–Trinajstić information content (AvgIpc) is 3.42. The number of benzene rings is 4. The molecule has 0 fully saturated rings. The quantitative estimate of drug-likeness (QED) is 0.194. The summed E-state index contributed by atoms with van der Waals surface area (Å²) in [4.78, 5) is 0. The molecule has 0 amide bonds. The molecule has 0 N–H and O–H groups in total. The molecule has 0 bridgehead atoms. The third-order valence-corrected chi connectivity index (χ3v) is 10.5. The van der Waals surface area contributed by atoms with Crippen molar-refractivity contribution in [3.8, 4) is 44.9 Å². The smallest absolute Gasteiger partial charge is 0.150 e. The number of fused-ring (bicyclic) bond motifs is 6. The first kappa shape index (κ1) is 23.3. The lowest BCUT2D eigenvalue weighted by Crippen LogP contribution is -2.14. The van der Waals surface area contributed by atoms with Gasteiger partial charge in [0.25, 0.3) is 0 Å². The van der Waals surface area contributed by atoms with Gasteiger partial charge in [0.15, 0.2) is 0 Å². The minimum atomic E-state index is -0.0539. The largest absolute Gasteiger partial charge is 0.454 e. The zero-order valence-electron chi connectivity index (χ0n) is 21.2. The first-order chi connectivity index (χ1) is 17.7. The zero-order chi connectivity index (χ0) is 25.7. The predicted molar refractivity (Wildman–Crippen MR) is 160 cm³/mol. The minimum absolute atomic E-state index is 0.0539. The molecular weight excluding hydrogens is 584 g/mol. The van der Waals surface area contributed by atoms with E-state index >= 15 is 0 Å². The fourth-order valence-corrected chi connectivity index (χ4v) is 7.43. The summed E-state index contributed by atoms with van der Waals surface area (Å²) in [7, 11) is 0. The Labute approximate surface area is 234 Å². The van der Waals surface area contributed by atoms with Gasteiger partial charge in [0.2, 0.25) is 0 Å². The van der Waals surface area contributed by atoms with Gasteiger partial charge in [-0.3, -0.25) is 0 Å². The van der Waals surface area contributed by atoms with Crippen LogP contribution in [-0.2, 0) is 10.8 Å². The van der Waals surface area contributed by atoms with Gasteiger partial charge in [-0.1, -0.05) is 100 Å². The molecule has 182 valence electrons. The number of hydrogen-bond acceptors (Lipinski definition) is 1. The van der Waals surface area contributed by atoms with Crippen LogP contribution in [0.4, 0.5) is 0 Å². The Morgan fingerprint density at radius 1 is 0.486 bits per heavy atom. The molecule has 37 heavy (non-hydrogen) atoms. The van der Waals surface area contributed by atoms with Gasteiger partial charge in [0, 0.05) is 22.0 Å². The molecule has 2 aliphatic rings. The maximum absolute atomic E-state index is 6.63. The van der Waals surface area contributed by atoms with Crippen molar-refractivity contribution in [2.24, 2.45) is 0 Å². The van der Waals surface area contributed by atoms with Crippen LogP contribution < -0.4 is 0 Å². The summed E-state index contributed by atoms with van der Waals surface area (Å²) >= 11 is 7.68. The van der Waals surface area contributed by atoms with Crippen LogP contribution in [0, 0.1) is 0 Å². The van der Waals surface area contributed by atoms with E-state index in [1.165, 1.54) is 44.5 Å². The van der Waals surface area contributed by atoms with Crippen molar-refractivity contribution in [1.82, 2.24) is 0 Å². The standard InChI is InChI=1S/C34H26Br2O/c1-33(2)25-11-7-5-9-21(25)23-15-13-19(17-27(23)33)31-29(35)30(36)32(37-31)20-14-16-24-22-10-6-8-12-26(22)34(3,4)28(24)18-20/h5-18H,1-4H3. The van der Waals surface area contributed by atoms with Gasteiger partial charge in [0.05, 0.1) is 8.95 Å². The lowest BCUT2D eigenvalue weighted by Gasteiger charge is -2.21. The van der Waals surface area contributed by atoms with E-state index in [0.717, 1.165) is 31.6 Å². The summed E-state index contributed by atoms with van der Waals surface area (Å²) in [6.45, 7) is 9.24. The van der Waals surface area contributed by atoms with Gasteiger partial charge in [-0.2, -0.15) is 0 Å². The number of furan rings is 1. The highest BCUT2D eigenvalue weighted by Crippen LogP contribution is 2.53. The van der Waals surface area contributed by atoms with Crippen LogP contribution in [0.1, 0.15) is 49.9 Å². The van der Waals surface area contributed by atoms with Gasteiger partial charge in [-0.05, 0) is 88.5 Å². The molecule has 1 aromatic heterocycles. The lowest BCUT2D eigenvalue weighted by atomic mass is 9.82. The van der Waals surface area contributed by atoms with Crippen LogP contribution in [0.2, 0.25) is 0 Å². The van der Waals surface area contributed by atoms with Gasteiger partial charge in [0.1, 0.15) is 11.5 Å². The molecule has 3 heteroatoms. The van der Waals surface area contributed by atoms with Crippen LogP contribution in [0.3, 0.4) is 0 Å². The summed E-state index contributed by atoms with van der Waals surface area (Å²) in [6.07, 6.45) is 0. The number of rotatable bonds is 2. The minimum Gasteiger partial charge on any atom is -0.454 e. The summed E-state index contributed by atoms with van der Waals surface area (Å²) in [5.74, 6) is 1.69. The summed E-state index contributed by atoms with van der Waals surface area (Å²) in [5, 5.41) is 0. The summed E-state index contributed by atoms with van der Waals surface area (Å²) < 4.78 is 8.52. The molecular formula is C34H26Br2O. The predicted octanol–water partition coefficient (Wildman–Crippen LogP) is 10.8.